The molecule has 2 fully saturated rings. The van der Waals surface area contributed by atoms with E-state index in [1.807, 2.05) is 14.2 Å². The fourth-order valence-corrected chi connectivity index (χ4v) is 3.79. The van der Waals surface area contributed by atoms with Crippen molar-refractivity contribution in [1.29, 1.82) is 0 Å². The molecule has 1 aliphatic carbocycles. The van der Waals surface area contributed by atoms with Crippen molar-refractivity contribution < 1.29 is 9.47 Å². The molecule has 0 aromatic carbocycles. The molecule has 3 unspecified atom stereocenters. The Morgan fingerprint density at radius 2 is 2.00 bits per heavy atom. The Kier molecular flexibility index (Phi) is 5.01. The minimum atomic E-state index is 0.0458. The van der Waals surface area contributed by atoms with Gasteiger partial charge in [-0.25, -0.2) is 0 Å². The number of hydrogen-bond acceptors (Lipinski definition) is 4. The van der Waals surface area contributed by atoms with Crippen molar-refractivity contribution in [2.75, 3.05) is 33.9 Å². The van der Waals surface area contributed by atoms with Crippen LogP contribution in [0, 0.1) is 0 Å². The molecule has 0 aromatic heterocycles. The second kappa shape index (κ2) is 6.33. The summed E-state index contributed by atoms with van der Waals surface area (Å²) in [6.07, 6.45) is 7.86. The summed E-state index contributed by atoms with van der Waals surface area (Å²) in [6, 6.07) is 0. The first-order valence-corrected chi connectivity index (χ1v) is 7.27. The number of methoxy groups -OCH3 is 2. The monoisotopic (exact) mass is 256 g/mol. The molecule has 1 saturated carbocycles. The molecule has 2 aliphatic rings. The van der Waals surface area contributed by atoms with E-state index in [-0.39, 0.29) is 11.6 Å². The molecule has 0 amide bonds. The number of ether oxygens (including phenoxy) is 2. The first-order chi connectivity index (χ1) is 8.76. The largest absolute Gasteiger partial charge is 0.380 e. The summed E-state index contributed by atoms with van der Waals surface area (Å²) in [5.41, 5.74) is 6.21. The molecular formula is C14H28N2O2. The van der Waals surface area contributed by atoms with Gasteiger partial charge in [0.2, 0.25) is 0 Å². The number of nitrogens with two attached hydrogens (primary N) is 1. The number of hydrogen-bond donors (Lipinski definition) is 1. The molecule has 1 saturated heterocycles. The topological polar surface area (TPSA) is 47.7 Å². The van der Waals surface area contributed by atoms with Crippen molar-refractivity contribution in [3.8, 4) is 0 Å². The third-order valence-corrected chi connectivity index (χ3v) is 4.90. The highest BCUT2D eigenvalue weighted by molar-refractivity contribution is 5.02. The summed E-state index contributed by atoms with van der Waals surface area (Å²) in [5.74, 6) is 0. The van der Waals surface area contributed by atoms with Gasteiger partial charge in [0.1, 0.15) is 0 Å². The quantitative estimate of drug-likeness (QED) is 0.825. The zero-order chi connectivity index (χ0) is 13.0. The highest BCUT2D eigenvalue weighted by Crippen LogP contribution is 2.36. The van der Waals surface area contributed by atoms with Crippen molar-refractivity contribution in [3.05, 3.63) is 0 Å². The molecule has 0 spiro atoms. The Balaban J connectivity index is 2.13. The molecule has 0 aromatic rings. The van der Waals surface area contributed by atoms with Gasteiger partial charge in [-0.15, -0.1) is 0 Å². The Bertz CT molecular complexity index is 262. The van der Waals surface area contributed by atoms with E-state index in [2.05, 4.69) is 4.90 Å². The maximum atomic E-state index is 6.16. The van der Waals surface area contributed by atoms with Crippen LogP contribution in [-0.2, 0) is 9.47 Å². The normalized spacial score (nSPS) is 38.8. The minimum absolute atomic E-state index is 0.0458. The fourth-order valence-electron chi connectivity index (χ4n) is 3.79. The van der Waals surface area contributed by atoms with Crippen LogP contribution in [0.4, 0.5) is 0 Å². The average Bonchev–Trinajstić information content (AvgIpc) is 2.47. The van der Waals surface area contributed by atoms with Gasteiger partial charge in [0.05, 0.1) is 17.7 Å². The van der Waals surface area contributed by atoms with E-state index < -0.39 is 0 Å². The molecule has 4 nitrogen and oxygen atoms in total. The highest BCUT2D eigenvalue weighted by Gasteiger charge is 2.46. The fraction of sp³-hybridized carbons (Fsp3) is 1.00. The SMILES string of the molecule is COC1CCCN(C2(CN)CCCCC2OC)C1. The molecule has 0 bridgehead atoms. The third-order valence-electron chi connectivity index (χ3n) is 4.90. The first-order valence-electron chi connectivity index (χ1n) is 7.27. The van der Waals surface area contributed by atoms with E-state index in [0.29, 0.717) is 12.6 Å². The summed E-state index contributed by atoms with van der Waals surface area (Å²) < 4.78 is 11.3. The van der Waals surface area contributed by atoms with Crippen molar-refractivity contribution in [2.45, 2.75) is 56.3 Å². The van der Waals surface area contributed by atoms with Gasteiger partial charge in [0.15, 0.2) is 0 Å². The lowest BCUT2D eigenvalue weighted by atomic mass is 9.76. The van der Waals surface area contributed by atoms with Crippen molar-refractivity contribution in [1.82, 2.24) is 4.90 Å². The highest BCUT2D eigenvalue weighted by atomic mass is 16.5. The minimum Gasteiger partial charge on any atom is -0.380 e. The average molecular weight is 256 g/mol. The Hall–Kier alpha value is -0.160. The van der Waals surface area contributed by atoms with E-state index in [1.54, 1.807) is 0 Å². The van der Waals surface area contributed by atoms with E-state index in [1.165, 1.54) is 32.1 Å². The van der Waals surface area contributed by atoms with Crippen molar-refractivity contribution in [3.63, 3.8) is 0 Å². The standard InChI is InChI=1S/C14H28N2O2/c1-17-12-6-5-9-16(10-12)14(11-15)8-4-3-7-13(14)18-2/h12-13H,3-11,15H2,1-2H3. The van der Waals surface area contributed by atoms with Crippen LogP contribution in [0.1, 0.15) is 38.5 Å². The van der Waals surface area contributed by atoms with Crippen LogP contribution in [0.5, 0.6) is 0 Å². The van der Waals surface area contributed by atoms with Gasteiger partial charge in [0, 0.05) is 27.3 Å². The summed E-state index contributed by atoms with van der Waals surface area (Å²) in [6.45, 7) is 2.84. The zero-order valence-corrected chi connectivity index (χ0v) is 11.9. The van der Waals surface area contributed by atoms with Gasteiger partial charge in [-0.3, -0.25) is 4.90 Å². The van der Waals surface area contributed by atoms with Crippen molar-refractivity contribution >= 4 is 0 Å². The van der Waals surface area contributed by atoms with Gasteiger partial charge < -0.3 is 15.2 Å². The molecular weight excluding hydrogens is 228 g/mol. The molecule has 0 radical (unpaired) electrons. The van der Waals surface area contributed by atoms with Crippen LogP contribution >= 0.6 is 0 Å². The summed E-state index contributed by atoms with van der Waals surface area (Å²) in [5, 5.41) is 0. The molecule has 4 heteroatoms. The number of piperidine rings is 1. The lowest BCUT2D eigenvalue weighted by Gasteiger charge is -2.52. The van der Waals surface area contributed by atoms with Crippen LogP contribution < -0.4 is 5.73 Å². The molecule has 18 heavy (non-hydrogen) atoms. The predicted molar refractivity (Wildman–Crippen MR) is 72.7 cm³/mol. The summed E-state index contributed by atoms with van der Waals surface area (Å²) in [4.78, 5) is 2.55. The smallest absolute Gasteiger partial charge is 0.0767 e. The predicted octanol–water partition coefficient (Wildman–Crippen LogP) is 1.38. The first kappa shape index (κ1) is 14.3. The lowest BCUT2D eigenvalue weighted by Crippen LogP contribution is -2.65. The Labute approximate surface area is 111 Å². The van der Waals surface area contributed by atoms with E-state index in [9.17, 15) is 0 Å². The van der Waals surface area contributed by atoms with E-state index in [0.717, 1.165) is 19.5 Å². The molecule has 2 rings (SSSR count). The van der Waals surface area contributed by atoms with Gasteiger partial charge in [-0.05, 0) is 32.2 Å². The maximum Gasteiger partial charge on any atom is 0.0767 e. The second-order valence-corrected chi connectivity index (χ2v) is 5.72. The Morgan fingerprint density at radius 3 is 2.67 bits per heavy atom. The number of rotatable bonds is 4. The van der Waals surface area contributed by atoms with Gasteiger partial charge in [-0.1, -0.05) is 12.8 Å². The zero-order valence-electron chi connectivity index (χ0n) is 11.9. The molecule has 1 heterocycles. The van der Waals surface area contributed by atoms with E-state index in [4.69, 9.17) is 15.2 Å². The van der Waals surface area contributed by atoms with Crippen molar-refractivity contribution in [2.24, 2.45) is 5.73 Å². The Morgan fingerprint density at radius 1 is 1.17 bits per heavy atom. The lowest BCUT2D eigenvalue weighted by molar-refractivity contribution is -0.102. The van der Waals surface area contributed by atoms with Gasteiger partial charge in [0.25, 0.3) is 0 Å². The molecule has 106 valence electrons. The number of nitrogens with zero attached hydrogens (tertiary/aromatic N) is 1. The third kappa shape index (κ3) is 2.57. The number of likely N-dealkylation sites (tertiary alicyclic amines) is 1. The van der Waals surface area contributed by atoms with Crippen LogP contribution in [0.15, 0.2) is 0 Å². The van der Waals surface area contributed by atoms with Gasteiger partial charge >= 0.3 is 0 Å². The summed E-state index contributed by atoms with van der Waals surface area (Å²) in [7, 11) is 3.65. The van der Waals surface area contributed by atoms with Crippen LogP contribution in [0.3, 0.4) is 0 Å². The second-order valence-electron chi connectivity index (χ2n) is 5.72. The maximum absolute atomic E-state index is 6.16. The van der Waals surface area contributed by atoms with Crippen LogP contribution in [-0.4, -0.2) is 56.5 Å². The van der Waals surface area contributed by atoms with Crippen LogP contribution in [0.2, 0.25) is 0 Å². The van der Waals surface area contributed by atoms with E-state index >= 15 is 0 Å². The van der Waals surface area contributed by atoms with Crippen LogP contribution in [0.25, 0.3) is 0 Å². The molecule has 3 atom stereocenters. The molecule has 1 aliphatic heterocycles. The van der Waals surface area contributed by atoms with Gasteiger partial charge in [-0.2, -0.15) is 0 Å². The summed E-state index contributed by atoms with van der Waals surface area (Å²) >= 11 is 0. The molecule has 2 N–H and O–H groups in total.